The number of hydrogen-bond donors (Lipinski definition) is 1. The third-order valence-electron chi connectivity index (χ3n) is 5.82. The van der Waals surface area contributed by atoms with Gasteiger partial charge in [-0.15, -0.1) is 0 Å². The number of amides is 2. The van der Waals surface area contributed by atoms with Crippen molar-refractivity contribution in [2.75, 3.05) is 18.4 Å². The zero-order chi connectivity index (χ0) is 24.3. The summed E-state index contributed by atoms with van der Waals surface area (Å²) in [7, 11) is -3.57. The van der Waals surface area contributed by atoms with Crippen molar-refractivity contribution in [1.29, 1.82) is 0 Å². The summed E-state index contributed by atoms with van der Waals surface area (Å²) in [6, 6.07) is 11.6. The molecule has 0 spiro atoms. The van der Waals surface area contributed by atoms with E-state index in [4.69, 9.17) is 0 Å². The minimum atomic E-state index is -3.57. The van der Waals surface area contributed by atoms with Gasteiger partial charge in [0.05, 0.1) is 15.1 Å². The second-order valence-electron chi connectivity index (χ2n) is 8.25. The second-order valence-corrected chi connectivity index (χ2v) is 11.2. The fourth-order valence-electron chi connectivity index (χ4n) is 4.10. The van der Waals surface area contributed by atoms with Crippen molar-refractivity contribution in [3.05, 3.63) is 52.8 Å². The van der Waals surface area contributed by atoms with Gasteiger partial charge in [-0.1, -0.05) is 24.2 Å². The lowest BCUT2D eigenvalue weighted by atomic mass is 10.2. The molecule has 1 fully saturated rings. The number of carbonyl (C=O) groups is 2. The lowest BCUT2D eigenvalue weighted by molar-refractivity contribution is -0.114. The van der Waals surface area contributed by atoms with Crippen LogP contribution < -0.4 is 10.1 Å². The Hall–Kier alpha value is -2.82. The van der Waals surface area contributed by atoms with Crippen LogP contribution in [0.4, 0.5) is 5.69 Å². The van der Waals surface area contributed by atoms with E-state index in [9.17, 15) is 18.0 Å². The molecule has 1 aliphatic heterocycles. The first-order valence-corrected chi connectivity index (χ1v) is 13.7. The molecule has 1 N–H and O–H groups in total. The molecular formula is C24H28N4O4S2. The Morgan fingerprint density at radius 3 is 2.32 bits per heavy atom. The third kappa shape index (κ3) is 5.13. The first kappa shape index (κ1) is 24.3. The van der Waals surface area contributed by atoms with E-state index < -0.39 is 15.9 Å². The number of thiazole rings is 1. The third-order valence-corrected chi connectivity index (χ3v) is 8.77. The molecule has 4 rings (SSSR count). The number of sulfonamides is 1. The van der Waals surface area contributed by atoms with Crippen molar-refractivity contribution in [3.63, 3.8) is 0 Å². The van der Waals surface area contributed by atoms with Crippen LogP contribution in [0.15, 0.2) is 52.4 Å². The van der Waals surface area contributed by atoms with E-state index in [-0.39, 0.29) is 10.8 Å². The number of carbonyl (C=O) groups excluding carboxylic acids is 2. The molecule has 34 heavy (non-hydrogen) atoms. The van der Waals surface area contributed by atoms with Crippen LogP contribution in [-0.2, 0) is 21.4 Å². The normalized spacial score (nSPS) is 15.9. The minimum Gasteiger partial charge on any atom is -0.326 e. The van der Waals surface area contributed by atoms with E-state index in [0.29, 0.717) is 35.7 Å². The Morgan fingerprint density at radius 1 is 1.03 bits per heavy atom. The lowest BCUT2D eigenvalue weighted by Gasteiger charge is -2.19. The molecule has 10 heteroatoms. The van der Waals surface area contributed by atoms with Crippen molar-refractivity contribution in [1.82, 2.24) is 8.87 Å². The SMILES string of the molecule is CCn1c(=NC(=O)c2ccc(S(=O)(=O)N3CCCCCC3)cc2)sc2cc(NC(C)=O)ccc21. The van der Waals surface area contributed by atoms with E-state index in [1.807, 2.05) is 29.7 Å². The zero-order valence-electron chi connectivity index (χ0n) is 19.3. The van der Waals surface area contributed by atoms with Gasteiger partial charge in [0.25, 0.3) is 5.91 Å². The molecule has 2 amide bonds. The summed E-state index contributed by atoms with van der Waals surface area (Å²) in [4.78, 5) is 29.3. The molecule has 180 valence electrons. The van der Waals surface area contributed by atoms with Gasteiger partial charge in [0.2, 0.25) is 15.9 Å². The number of rotatable bonds is 5. The quantitative estimate of drug-likeness (QED) is 0.572. The number of nitrogens with zero attached hydrogens (tertiary/aromatic N) is 3. The van der Waals surface area contributed by atoms with Crippen LogP contribution in [0.3, 0.4) is 0 Å². The van der Waals surface area contributed by atoms with Crippen molar-refractivity contribution in [3.8, 4) is 0 Å². The van der Waals surface area contributed by atoms with Gasteiger partial charge in [0.1, 0.15) is 0 Å². The van der Waals surface area contributed by atoms with E-state index in [1.54, 1.807) is 0 Å². The van der Waals surface area contributed by atoms with Gasteiger partial charge in [0, 0.05) is 37.8 Å². The van der Waals surface area contributed by atoms with Crippen LogP contribution in [0.1, 0.15) is 49.9 Å². The number of anilines is 1. The molecule has 0 radical (unpaired) electrons. The Labute approximate surface area is 203 Å². The number of aryl methyl sites for hydroxylation is 1. The predicted molar refractivity (Wildman–Crippen MR) is 133 cm³/mol. The molecule has 0 atom stereocenters. The number of nitrogens with one attached hydrogen (secondary N) is 1. The van der Waals surface area contributed by atoms with Crippen LogP contribution in [-0.4, -0.2) is 42.2 Å². The summed E-state index contributed by atoms with van der Waals surface area (Å²) in [5, 5.41) is 2.76. The average molecular weight is 501 g/mol. The highest BCUT2D eigenvalue weighted by Crippen LogP contribution is 2.23. The zero-order valence-corrected chi connectivity index (χ0v) is 20.9. The van der Waals surface area contributed by atoms with Crippen molar-refractivity contribution in [2.24, 2.45) is 4.99 Å². The Balaban J connectivity index is 1.62. The molecule has 8 nitrogen and oxygen atoms in total. The smallest absolute Gasteiger partial charge is 0.279 e. The monoisotopic (exact) mass is 500 g/mol. The van der Waals surface area contributed by atoms with Gasteiger partial charge >= 0.3 is 0 Å². The van der Waals surface area contributed by atoms with Crippen LogP contribution in [0.5, 0.6) is 0 Å². The summed E-state index contributed by atoms with van der Waals surface area (Å²) in [5.41, 5.74) is 1.93. The Bertz CT molecular complexity index is 1380. The van der Waals surface area contributed by atoms with Crippen LogP contribution in [0.2, 0.25) is 0 Å². The van der Waals surface area contributed by atoms with E-state index in [1.165, 1.54) is 46.8 Å². The molecule has 1 saturated heterocycles. The van der Waals surface area contributed by atoms with E-state index in [0.717, 1.165) is 35.9 Å². The maximum absolute atomic E-state index is 13.0. The first-order chi connectivity index (χ1) is 16.3. The predicted octanol–water partition coefficient (Wildman–Crippen LogP) is 3.99. The van der Waals surface area contributed by atoms with Crippen LogP contribution >= 0.6 is 11.3 Å². The highest BCUT2D eigenvalue weighted by atomic mass is 32.2. The first-order valence-electron chi connectivity index (χ1n) is 11.4. The molecular weight excluding hydrogens is 472 g/mol. The molecule has 2 aromatic carbocycles. The lowest BCUT2D eigenvalue weighted by Crippen LogP contribution is -2.31. The fraction of sp³-hybridized carbons (Fsp3) is 0.375. The molecule has 0 saturated carbocycles. The summed E-state index contributed by atoms with van der Waals surface area (Å²) in [5.74, 6) is -0.588. The second kappa shape index (κ2) is 10.2. The molecule has 0 bridgehead atoms. The standard InChI is InChI=1S/C24H28N4O4S2/c1-3-28-21-13-10-19(25-17(2)29)16-22(21)33-24(28)26-23(30)18-8-11-20(12-9-18)34(31,32)27-14-6-4-5-7-15-27/h8-13,16H,3-7,14-15H2,1-2H3,(H,25,29). The summed E-state index contributed by atoms with van der Waals surface area (Å²) >= 11 is 1.36. The fourth-order valence-corrected chi connectivity index (χ4v) is 6.75. The van der Waals surface area contributed by atoms with Gasteiger partial charge in [-0.05, 0) is 62.2 Å². The summed E-state index contributed by atoms with van der Waals surface area (Å²) in [6.07, 6.45) is 3.83. The molecule has 1 aliphatic rings. The van der Waals surface area contributed by atoms with Crippen LogP contribution in [0, 0.1) is 0 Å². The number of fused-ring (bicyclic) bond motifs is 1. The molecule has 1 aromatic heterocycles. The van der Waals surface area contributed by atoms with Crippen molar-refractivity contribution in [2.45, 2.75) is 51.0 Å². The molecule has 2 heterocycles. The number of aromatic nitrogens is 1. The van der Waals surface area contributed by atoms with E-state index >= 15 is 0 Å². The van der Waals surface area contributed by atoms with Gasteiger partial charge in [0.15, 0.2) is 4.80 Å². The molecule has 3 aromatic rings. The highest BCUT2D eigenvalue weighted by Gasteiger charge is 2.25. The molecule has 0 aliphatic carbocycles. The maximum Gasteiger partial charge on any atom is 0.279 e. The van der Waals surface area contributed by atoms with E-state index in [2.05, 4.69) is 10.3 Å². The summed E-state index contributed by atoms with van der Waals surface area (Å²) < 4.78 is 30.3. The van der Waals surface area contributed by atoms with Gasteiger partial charge in [-0.25, -0.2) is 8.42 Å². The van der Waals surface area contributed by atoms with Gasteiger partial charge in [-0.2, -0.15) is 9.30 Å². The molecule has 0 unspecified atom stereocenters. The Kier molecular flexibility index (Phi) is 7.30. The number of benzene rings is 2. The topological polar surface area (TPSA) is 101 Å². The van der Waals surface area contributed by atoms with Gasteiger partial charge in [-0.3, -0.25) is 9.59 Å². The summed E-state index contributed by atoms with van der Waals surface area (Å²) in [6.45, 7) is 5.11. The number of hydrogen-bond acceptors (Lipinski definition) is 5. The Morgan fingerprint density at radius 2 is 1.71 bits per heavy atom. The largest absolute Gasteiger partial charge is 0.326 e. The average Bonchev–Trinajstić information content (AvgIpc) is 2.96. The van der Waals surface area contributed by atoms with Crippen LogP contribution in [0.25, 0.3) is 10.2 Å². The van der Waals surface area contributed by atoms with Gasteiger partial charge < -0.3 is 9.88 Å². The minimum absolute atomic E-state index is 0.152. The van der Waals surface area contributed by atoms with Crippen molar-refractivity contribution >= 4 is 49.1 Å². The van der Waals surface area contributed by atoms with Crippen molar-refractivity contribution < 1.29 is 18.0 Å². The maximum atomic E-state index is 13.0. The highest BCUT2D eigenvalue weighted by molar-refractivity contribution is 7.89.